The van der Waals surface area contributed by atoms with E-state index in [0.29, 0.717) is 25.7 Å². The molecule has 0 spiro atoms. The van der Waals surface area contributed by atoms with E-state index < -0.39 is 41.7 Å². The summed E-state index contributed by atoms with van der Waals surface area (Å²) < 4.78 is 31.1. The number of aliphatic hydroxyl groups excluding tert-OH is 1. The molecular weight excluding hydrogens is 630 g/mol. The van der Waals surface area contributed by atoms with E-state index in [1.807, 2.05) is 41.5 Å². The smallest absolute Gasteiger partial charge is 0.407 e. The minimum Gasteiger partial charge on any atom is -0.481 e. The minimum absolute atomic E-state index is 0.0556. The number of hydrogen-bond acceptors (Lipinski definition) is 9. The van der Waals surface area contributed by atoms with Gasteiger partial charge in [-0.25, -0.2) is 4.79 Å². The van der Waals surface area contributed by atoms with Gasteiger partial charge in [0.15, 0.2) is 0 Å². The summed E-state index contributed by atoms with van der Waals surface area (Å²) in [4.78, 5) is 38.0. The summed E-state index contributed by atoms with van der Waals surface area (Å²) in [5.41, 5.74) is -0.580. The molecule has 3 saturated heterocycles. The van der Waals surface area contributed by atoms with Crippen LogP contribution < -0.4 is 5.32 Å². The van der Waals surface area contributed by atoms with Crippen LogP contribution in [0.15, 0.2) is 0 Å². The van der Waals surface area contributed by atoms with E-state index >= 15 is 0 Å². The number of hydrogen-bond donors (Lipinski definition) is 3. The molecule has 284 valence electrons. The molecule has 3 aliphatic heterocycles. The summed E-state index contributed by atoms with van der Waals surface area (Å²) in [5, 5.41) is 22.9. The number of alkyl carbamates (subject to hydrolysis) is 1. The molecule has 13 atom stereocenters. The van der Waals surface area contributed by atoms with E-state index in [4.69, 9.17) is 23.7 Å². The van der Waals surface area contributed by atoms with Crippen LogP contribution in [0.1, 0.15) is 139 Å². The molecule has 3 aliphatic rings. The molecule has 0 aromatic heterocycles. The number of ether oxygens (including phenoxy) is 5. The van der Waals surface area contributed by atoms with Crippen LogP contribution in [0.4, 0.5) is 4.79 Å². The van der Waals surface area contributed by atoms with Gasteiger partial charge in [-0.2, -0.15) is 0 Å². The Morgan fingerprint density at radius 2 is 1.27 bits per heavy atom. The number of carboxylic acids is 1. The summed E-state index contributed by atoms with van der Waals surface area (Å²) >= 11 is 0. The first-order valence-electron chi connectivity index (χ1n) is 19.1. The molecule has 0 bridgehead atoms. The zero-order valence-corrected chi connectivity index (χ0v) is 31.7. The van der Waals surface area contributed by atoms with Crippen LogP contribution in [0.3, 0.4) is 0 Å². The van der Waals surface area contributed by atoms with Crippen molar-refractivity contribution >= 4 is 18.0 Å². The van der Waals surface area contributed by atoms with Crippen LogP contribution in [-0.2, 0) is 33.3 Å². The Kier molecular flexibility index (Phi) is 16.1. The molecular formula is C38H67NO10. The SMILES string of the molecule is CCCC(C[C@@H]1CC[C@H]([C@@H](C)[C@H](OC(=O)[C@@H](C)[C@H]2CC[C@@H](C[C@@H](O)CCC)O2)[C@H](C)[C@@H]2CC[C@H]([C@@H](C)C(=O)O)O2)O1)NC(=O)OC(C)(C)C. The highest BCUT2D eigenvalue weighted by Gasteiger charge is 2.45. The predicted octanol–water partition coefficient (Wildman–Crippen LogP) is 6.80. The number of carbonyl (C=O) groups excluding carboxylic acids is 2. The van der Waals surface area contributed by atoms with Gasteiger partial charge in [-0.1, -0.05) is 40.5 Å². The maximum Gasteiger partial charge on any atom is 0.407 e. The summed E-state index contributed by atoms with van der Waals surface area (Å²) in [6.45, 7) is 17.3. The van der Waals surface area contributed by atoms with Crippen molar-refractivity contribution in [2.75, 3.05) is 0 Å². The summed E-state index contributed by atoms with van der Waals surface area (Å²) in [5.74, 6) is -2.65. The van der Waals surface area contributed by atoms with E-state index in [0.717, 1.165) is 51.4 Å². The molecule has 0 saturated carbocycles. The Morgan fingerprint density at radius 3 is 1.86 bits per heavy atom. The third kappa shape index (κ3) is 12.6. The molecule has 1 amide bonds. The third-order valence-electron chi connectivity index (χ3n) is 10.8. The van der Waals surface area contributed by atoms with E-state index in [-0.39, 0.29) is 60.5 Å². The Hall–Kier alpha value is -1.95. The molecule has 11 nitrogen and oxygen atoms in total. The van der Waals surface area contributed by atoms with Crippen molar-refractivity contribution in [1.82, 2.24) is 5.32 Å². The van der Waals surface area contributed by atoms with Crippen LogP contribution >= 0.6 is 0 Å². The predicted molar refractivity (Wildman–Crippen MR) is 186 cm³/mol. The van der Waals surface area contributed by atoms with Gasteiger partial charge in [-0.15, -0.1) is 0 Å². The topological polar surface area (TPSA) is 150 Å². The van der Waals surface area contributed by atoms with Gasteiger partial charge in [0.1, 0.15) is 11.7 Å². The normalized spacial score (nSPS) is 30.2. The molecule has 3 heterocycles. The Balaban J connectivity index is 1.69. The van der Waals surface area contributed by atoms with Gasteiger partial charge < -0.3 is 39.2 Å². The molecule has 3 rings (SSSR count). The van der Waals surface area contributed by atoms with Gasteiger partial charge in [0.25, 0.3) is 0 Å². The quantitative estimate of drug-likeness (QED) is 0.131. The average Bonchev–Trinajstić information content (AvgIpc) is 3.79. The second-order valence-corrected chi connectivity index (χ2v) is 16.1. The van der Waals surface area contributed by atoms with Crippen molar-refractivity contribution in [2.24, 2.45) is 23.7 Å². The molecule has 1 unspecified atom stereocenters. The zero-order chi connectivity index (χ0) is 36.5. The number of rotatable bonds is 18. The molecule has 0 aromatic carbocycles. The Bertz CT molecular complexity index is 1050. The number of amides is 1. The maximum atomic E-state index is 13.8. The van der Waals surface area contributed by atoms with Crippen LogP contribution in [0.5, 0.6) is 0 Å². The number of aliphatic carboxylic acids is 1. The van der Waals surface area contributed by atoms with Gasteiger partial charge in [-0.05, 0) is 98.8 Å². The molecule has 0 aliphatic carbocycles. The number of carbonyl (C=O) groups is 3. The van der Waals surface area contributed by atoms with Crippen molar-refractivity contribution in [1.29, 1.82) is 0 Å². The first-order valence-corrected chi connectivity index (χ1v) is 19.1. The van der Waals surface area contributed by atoms with Crippen molar-refractivity contribution in [3.05, 3.63) is 0 Å². The highest BCUT2D eigenvalue weighted by molar-refractivity contribution is 5.73. The van der Waals surface area contributed by atoms with Gasteiger partial charge >= 0.3 is 18.0 Å². The van der Waals surface area contributed by atoms with Crippen LogP contribution in [0, 0.1) is 23.7 Å². The van der Waals surface area contributed by atoms with Gasteiger partial charge in [0.05, 0.1) is 54.6 Å². The van der Waals surface area contributed by atoms with Crippen LogP contribution in [0.25, 0.3) is 0 Å². The highest BCUT2D eigenvalue weighted by Crippen LogP contribution is 2.39. The van der Waals surface area contributed by atoms with Crippen LogP contribution in [-0.4, -0.2) is 88.7 Å². The second-order valence-electron chi connectivity index (χ2n) is 16.1. The average molecular weight is 698 g/mol. The maximum absolute atomic E-state index is 13.8. The monoisotopic (exact) mass is 697 g/mol. The largest absolute Gasteiger partial charge is 0.481 e. The fourth-order valence-corrected chi connectivity index (χ4v) is 7.82. The fourth-order valence-electron chi connectivity index (χ4n) is 7.82. The van der Waals surface area contributed by atoms with E-state index in [2.05, 4.69) is 19.2 Å². The first kappa shape index (κ1) is 41.5. The van der Waals surface area contributed by atoms with Crippen LogP contribution in [0.2, 0.25) is 0 Å². The zero-order valence-electron chi connectivity index (χ0n) is 31.7. The van der Waals surface area contributed by atoms with Gasteiger partial charge in [0.2, 0.25) is 0 Å². The molecule has 3 N–H and O–H groups in total. The Morgan fingerprint density at radius 1 is 0.755 bits per heavy atom. The van der Waals surface area contributed by atoms with E-state index in [1.165, 1.54) is 0 Å². The minimum atomic E-state index is -0.881. The van der Waals surface area contributed by atoms with Gasteiger partial charge in [-0.3, -0.25) is 9.59 Å². The van der Waals surface area contributed by atoms with E-state index in [1.54, 1.807) is 6.92 Å². The summed E-state index contributed by atoms with van der Waals surface area (Å²) in [6.07, 6.45) is 6.56. The Labute approximate surface area is 294 Å². The lowest BCUT2D eigenvalue weighted by atomic mass is 9.84. The molecule has 11 heteroatoms. The fraction of sp³-hybridized carbons (Fsp3) is 0.921. The number of carboxylic acid groups (broad SMARTS) is 1. The number of esters is 1. The van der Waals surface area contributed by atoms with Crippen molar-refractivity contribution in [2.45, 2.75) is 200 Å². The lowest BCUT2D eigenvalue weighted by molar-refractivity contribution is -0.173. The summed E-state index contributed by atoms with van der Waals surface area (Å²) in [6, 6.07) is -0.0781. The lowest BCUT2D eigenvalue weighted by Crippen LogP contribution is -2.44. The number of nitrogens with one attached hydrogen (secondary N) is 1. The summed E-state index contributed by atoms with van der Waals surface area (Å²) in [7, 11) is 0. The van der Waals surface area contributed by atoms with Crippen molar-refractivity contribution in [3.8, 4) is 0 Å². The van der Waals surface area contributed by atoms with Crippen molar-refractivity contribution in [3.63, 3.8) is 0 Å². The van der Waals surface area contributed by atoms with E-state index in [9.17, 15) is 24.6 Å². The van der Waals surface area contributed by atoms with Gasteiger partial charge in [0, 0.05) is 17.9 Å². The number of aliphatic hydroxyl groups is 1. The molecule has 3 fully saturated rings. The third-order valence-corrected chi connectivity index (χ3v) is 10.8. The molecule has 0 radical (unpaired) electrons. The molecule has 49 heavy (non-hydrogen) atoms. The van der Waals surface area contributed by atoms with Crippen molar-refractivity contribution < 1.29 is 48.3 Å². The second kappa shape index (κ2) is 19.0. The first-order chi connectivity index (χ1) is 23.0. The lowest BCUT2D eigenvalue weighted by Gasteiger charge is -2.36. The highest BCUT2D eigenvalue weighted by atomic mass is 16.6. The molecule has 0 aromatic rings. The standard InChI is InChI=1S/C38H67NO10/c1-10-12-26(39-37(44)49-38(7,8)9)20-28-14-16-30(45-28)22(3)34(23(4)31-18-19-32(47-31)24(5)35(41)42)48-36(43)25(6)33-17-15-29(46-33)21-27(40)13-11-2/h22-34,40H,10-21H2,1-9H3,(H,39,44)(H,41,42)/t22-,23-,24-,25+,26?,27+,28+,29+,30-,31+,32-,33-,34+/m1/s1.